The Morgan fingerprint density at radius 3 is 2.18 bits per heavy atom. The van der Waals surface area contributed by atoms with E-state index in [4.69, 9.17) is 0 Å². The number of carbonyl (C=O) groups is 2. The molecule has 0 fully saturated rings. The minimum atomic E-state index is -0.0640. The average Bonchev–Trinajstić information content (AvgIpc) is 2.68. The van der Waals surface area contributed by atoms with Gasteiger partial charge >= 0.3 is 0 Å². The molecule has 0 spiro atoms. The molecule has 0 aromatic heterocycles. The summed E-state index contributed by atoms with van der Waals surface area (Å²) in [4.78, 5) is 24.4. The fraction of sp³-hybridized carbons (Fsp3) is 0.417. The van der Waals surface area contributed by atoms with Gasteiger partial charge in [0.1, 0.15) is 0 Å². The van der Waals surface area contributed by atoms with Gasteiger partial charge < -0.3 is 10.6 Å². The van der Waals surface area contributed by atoms with Crippen molar-refractivity contribution in [3.63, 3.8) is 0 Å². The van der Waals surface area contributed by atoms with E-state index < -0.39 is 0 Å². The van der Waals surface area contributed by atoms with Crippen molar-refractivity contribution in [3.8, 4) is 0 Å². The van der Waals surface area contributed by atoms with Crippen molar-refractivity contribution in [1.29, 1.82) is 0 Å². The molecule has 2 aromatic carbocycles. The first-order valence-electron chi connectivity index (χ1n) is 10.2. The number of nitrogens with one attached hydrogen (secondary N) is 2. The van der Waals surface area contributed by atoms with Crippen molar-refractivity contribution in [2.24, 2.45) is 5.92 Å². The van der Waals surface area contributed by atoms with E-state index in [0.717, 1.165) is 24.0 Å². The lowest BCUT2D eigenvalue weighted by Gasteiger charge is -2.23. The molecule has 4 nitrogen and oxygen atoms in total. The first-order valence-corrected chi connectivity index (χ1v) is 10.2. The molecule has 2 rings (SSSR count). The summed E-state index contributed by atoms with van der Waals surface area (Å²) in [7, 11) is 0. The third kappa shape index (κ3) is 7.18. The summed E-state index contributed by atoms with van der Waals surface area (Å²) in [6, 6.07) is 18.1. The van der Waals surface area contributed by atoms with Crippen LogP contribution in [-0.2, 0) is 22.4 Å². The van der Waals surface area contributed by atoms with Gasteiger partial charge in [-0.05, 0) is 29.0 Å². The van der Waals surface area contributed by atoms with Crippen molar-refractivity contribution in [2.75, 3.05) is 6.54 Å². The first kappa shape index (κ1) is 21.7. The molecule has 0 saturated carbocycles. The Morgan fingerprint density at radius 1 is 0.893 bits per heavy atom. The summed E-state index contributed by atoms with van der Waals surface area (Å²) in [5.74, 6) is 0.177. The number of carbonyl (C=O) groups excluding carboxylic acids is 2. The number of benzene rings is 2. The van der Waals surface area contributed by atoms with Gasteiger partial charge in [0, 0.05) is 13.0 Å². The number of rotatable bonds is 10. The predicted octanol–water partition coefficient (Wildman–Crippen LogP) is 4.20. The SMILES string of the molecule is CCCc1ccc(C(NC(=O)CCNC(=O)Cc2ccccc2)C(C)C)cc1. The lowest BCUT2D eigenvalue weighted by molar-refractivity contribution is -0.122. The Labute approximate surface area is 168 Å². The van der Waals surface area contributed by atoms with Gasteiger partial charge in [0.15, 0.2) is 0 Å². The summed E-state index contributed by atoms with van der Waals surface area (Å²) >= 11 is 0. The van der Waals surface area contributed by atoms with E-state index in [9.17, 15) is 9.59 Å². The molecule has 2 amide bonds. The van der Waals surface area contributed by atoms with Crippen LogP contribution in [0.4, 0.5) is 0 Å². The highest BCUT2D eigenvalue weighted by Gasteiger charge is 2.18. The normalized spacial score (nSPS) is 11.9. The van der Waals surface area contributed by atoms with E-state index in [1.54, 1.807) is 0 Å². The van der Waals surface area contributed by atoms with E-state index in [-0.39, 0.29) is 30.2 Å². The van der Waals surface area contributed by atoms with Crippen LogP contribution in [0.5, 0.6) is 0 Å². The van der Waals surface area contributed by atoms with Gasteiger partial charge in [0.2, 0.25) is 11.8 Å². The van der Waals surface area contributed by atoms with Crippen LogP contribution in [0.1, 0.15) is 56.3 Å². The lowest BCUT2D eigenvalue weighted by Crippen LogP contribution is -2.35. The van der Waals surface area contributed by atoms with Gasteiger partial charge in [-0.1, -0.05) is 81.8 Å². The molecule has 0 radical (unpaired) electrons. The second kappa shape index (κ2) is 11.3. The molecular formula is C24H32N2O2. The van der Waals surface area contributed by atoms with Crippen LogP contribution in [0.25, 0.3) is 0 Å². The number of hydrogen-bond acceptors (Lipinski definition) is 2. The molecule has 2 aromatic rings. The van der Waals surface area contributed by atoms with E-state index in [2.05, 4.69) is 55.7 Å². The fourth-order valence-electron chi connectivity index (χ4n) is 3.22. The van der Waals surface area contributed by atoms with Crippen LogP contribution in [0.15, 0.2) is 54.6 Å². The van der Waals surface area contributed by atoms with E-state index >= 15 is 0 Å². The van der Waals surface area contributed by atoms with Gasteiger partial charge in [0.25, 0.3) is 0 Å². The van der Waals surface area contributed by atoms with Crippen molar-refractivity contribution in [2.45, 2.75) is 52.5 Å². The number of amides is 2. The third-order valence-electron chi connectivity index (χ3n) is 4.74. The van der Waals surface area contributed by atoms with Crippen LogP contribution in [0.2, 0.25) is 0 Å². The van der Waals surface area contributed by atoms with E-state index in [1.807, 2.05) is 30.3 Å². The van der Waals surface area contributed by atoms with Crippen LogP contribution in [0.3, 0.4) is 0 Å². The Hall–Kier alpha value is -2.62. The molecule has 1 unspecified atom stereocenters. The second-order valence-electron chi connectivity index (χ2n) is 7.54. The molecule has 150 valence electrons. The number of hydrogen-bond donors (Lipinski definition) is 2. The van der Waals surface area contributed by atoms with Crippen molar-refractivity contribution < 1.29 is 9.59 Å². The molecule has 1 atom stereocenters. The van der Waals surface area contributed by atoms with Crippen LogP contribution >= 0.6 is 0 Å². The zero-order chi connectivity index (χ0) is 20.4. The van der Waals surface area contributed by atoms with Crippen molar-refractivity contribution in [1.82, 2.24) is 10.6 Å². The zero-order valence-corrected chi connectivity index (χ0v) is 17.2. The highest BCUT2D eigenvalue weighted by molar-refractivity contribution is 5.80. The van der Waals surface area contributed by atoms with E-state index in [0.29, 0.717) is 13.0 Å². The largest absolute Gasteiger partial charge is 0.355 e. The highest BCUT2D eigenvalue weighted by Crippen LogP contribution is 2.22. The molecule has 0 heterocycles. The summed E-state index contributed by atoms with van der Waals surface area (Å²) in [5.41, 5.74) is 3.41. The molecular weight excluding hydrogens is 348 g/mol. The first-order chi connectivity index (χ1) is 13.5. The smallest absolute Gasteiger partial charge is 0.224 e. The third-order valence-corrected chi connectivity index (χ3v) is 4.74. The van der Waals surface area contributed by atoms with Crippen LogP contribution in [-0.4, -0.2) is 18.4 Å². The molecule has 0 aliphatic rings. The second-order valence-corrected chi connectivity index (χ2v) is 7.54. The standard InChI is InChI=1S/C24H32N2O2/c1-4-8-19-11-13-21(14-12-19)24(18(2)3)26-22(27)15-16-25-23(28)17-20-9-6-5-7-10-20/h5-7,9-14,18,24H,4,8,15-17H2,1-3H3,(H,25,28)(H,26,27). The number of aryl methyl sites for hydroxylation is 1. The quantitative estimate of drug-likeness (QED) is 0.649. The molecule has 0 aliphatic carbocycles. The molecule has 0 bridgehead atoms. The minimum absolute atomic E-state index is 0.0248. The van der Waals surface area contributed by atoms with Crippen LogP contribution in [0, 0.1) is 5.92 Å². The Morgan fingerprint density at radius 2 is 1.57 bits per heavy atom. The maximum Gasteiger partial charge on any atom is 0.224 e. The summed E-state index contributed by atoms with van der Waals surface area (Å²) < 4.78 is 0. The highest BCUT2D eigenvalue weighted by atomic mass is 16.2. The monoisotopic (exact) mass is 380 g/mol. The summed E-state index contributed by atoms with van der Waals surface area (Å²) in [5, 5.41) is 5.94. The van der Waals surface area contributed by atoms with Gasteiger partial charge in [-0.3, -0.25) is 9.59 Å². The topological polar surface area (TPSA) is 58.2 Å². The van der Waals surface area contributed by atoms with E-state index in [1.165, 1.54) is 5.56 Å². The van der Waals surface area contributed by atoms with Gasteiger partial charge in [-0.2, -0.15) is 0 Å². The van der Waals surface area contributed by atoms with Crippen molar-refractivity contribution in [3.05, 3.63) is 71.3 Å². The summed E-state index contributed by atoms with van der Waals surface area (Å²) in [6.07, 6.45) is 2.81. The predicted molar refractivity (Wildman–Crippen MR) is 114 cm³/mol. The minimum Gasteiger partial charge on any atom is -0.355 e. The molecule has 4 heteroatoms. The lowest BCUT2D eigenvalue weighted by atomic mass is 9.94. The molecule has 2 N–H and O–H groups in total. The van der Waals surface area contributed by atoms with Crippen molar-refractivity contribution >= 4 is 11.8 Å². The summed E-state index contributed by atoms with van der Waals surface area (Å²) in [6.45, 7) is 6.72. The zero-order valence-electron chi connectivity index (χ0n) is 17.2. The molecule has 0 aliphatic heterocycles. The van der Waals surface area contributed by atoms with Gasteiger partial charge in [0.05, 0.1) is 12.5 Å². The molecule has 0 saturated heterocycles. The van der Waals surface area contributed by atoms with Gasteiger partial charge in [-0.15, -0.1) is 0 Å². The maximum atomic E-state index is 12.4. The average molecular weight is 381 g/mol. The van der Waals surface area contributed by atoms with Crippen LogP contribution < -0.4 is 10.6 Å². The Kier molecular flexibility index (Phi) is 8.73. The maximum absolute atomic E-state index is 12.4. The Bertz CT molecular complexity index is 739. The Balaban J connectivity index is 1.81. The fourth-order valence-corrected chi connectivity index (χ4v) is 3.22. The van der Waals surface area contributed by atoms with Gasteiger partial charge in [-0.25, -0.2) is 0 Å². The molecule has 28 heavy (non-hydrogen) atoms.